The topological polar surface area (TPSA) is 71.5 Å². The minimum atomic E-state index is -0.760. The van der Waals surface area contributed by atoms with Crippen LogP contribution in [0.5, 0.6) is 0 Å². The highest BCUT2D eigenvalue weighted by atomic mass is 16.2. The van der Waals surface area contributed by atoms with Crippen molar-refractivity contribution >= 4 is 23.4 Å². The number of hydrogen-bond acceptors (Lipinski definition) is 4. The number of imide groups is 1. The van der Waals surface area contributed by atoms with Crippen LogP contribution in [0.3, 0.4) is 0 Å². The fourth-order valence-corrected chi connectivity index (χ4v) is 2.01. The average Bonchev–Trinajstić information content (AvgIpc) is 2.43. The summed E-state index contributed by atoms with van der Waals surface area (Å²) in [7, 11) is 1.50. The molecule has 20 heavy (non-hydrogen) atoms. The van der Waals surface area contributed by atoms with Gasteiger partial charge in [-0.25, -0.2) is 0 Å². The van der Waals surface area contributed by atoms with Gasteiger partial charge in [0.15, 0.2) is 0 Å². The van der Waals surface area contributed by atoms with Crippen molar-refractivity contribution in [2.45, 2.75) is 54.4 Å². The van der Waals surface area contributed by atoms with E-state index in [0.29, 0.717) is 12.8 Å². The van der Waals surface area contributed by atoms with Crippen LogP contribution in [0.4, 0.5) is 0 Å². The number of rotatable bonds is 4. The lowest BCUT2D eigenvalue weighted by atomic mass is 9.81. The molecule has 0 unspecified atom stereocenters. The predicted octanol–water partition coefficient (Wildman–Crippen LogP) is 1.98. The lowest BCUT2D eigenvalue weighted by Crippen LogP contribution is -2.61. The van der Waals surface area contributed by atoms with Gasteiger partial charge in [0, 0.05) is 19.9 Å². The lowest BCUT2D eigenvalue weighted by molar-refractivity contribution is -0.171. The van der Waals surface area contributed by atoms with Crippen molar-refractivity contribution in [2.75, 3.05) is 7.05 Å². The number of amides is 2. The lowest BCUT2D eigenvalue weighted by Gasteiger charge is -2.38. The SMILES string of the molecule is CCC(=O)C(C)(C)C(=O)CC.CN1C(=O)C(C)(C)C1=O. The highest BCUT2D eigenvalue weighted by molar-refractivity contribution is 6.20. The van der Waals surface area contributed by atoms with E-state index in [9.17, 15) is 19.2 Å². The summed E-state index contributed by atoms with van der Waals surface area (Å²) in [6.45, 7) is 10.2. The zero-order chi connectivity index (χ0) is 16.3. The molecule has 0 aromatic rings. The maximum Gasteiger partial charge on any atom is 0.244 e. The molecule has 0 atom stereocenters. The van der Waals surface area contributed by atoms with Gasteiger partial charge in [0.25, 0.3) is 0 Å². The third-order valence-electron chi connectivity index (χ3n) is 3.72. The Bertz CT molecular complexity index is 399. The number of hydrogen-bond donors (Lipinski definition) is 0. The van der Waals surface area contributed by atoms with Crippen LogP contribution in [0, 0.1) is 10.8 Å². The molecule has 0 N–H and O–H groups in total. The van der Waals surface area contributed by atoms with Gasteiger partial charge in [-0.15, -0.1) is 0 Å². The first kappa shape index (κ1) is 18.5. The Morgan fingerprint density at radius 3 is 1.45 bits per heavy atom. The van der Waals surface area contributed by atoms with Gasteiger partial charge in [0.2, 0.25) is 11.8 Å². The first-order valence-corrected chi connectivity index (χ1v) is 6.83. The fourth-order valence-electron chi connectivity index (χ4n) is 2.01. The molecule has 5 heteroatoms. The standard InChI is InChI=1S/C9H16O2.C6H9NO2/c1-5-7(10)9(3,4)8(11)6-2;1-6(2)4(8)7(3)5(6)9/h5-6H2,1-4H3;1-3H3. The quantitative estimate of drug-likeness (QED) is 0.584. The molecule has 5 nitrogen and oxygen atoms in total. The maximum atomic E-state index is 11.2. The molecular weight excluding hydrogens is 258 g/mol. The molecule has 1 heterocycles. The first-order chi connectivity index (χ1) is 8.94. The molecular formula is C15H25NO4. The Kier molecular flexibility index (Phi) is 5.81. The number of carbonyl (C=O) groups excluding carboxylic acids is 4. The van der Waals surface area contributed by atoms with Crippen molar-refractivity contribution in [3.8, 4) is 0 Å². The molecule has 0 aromatic heterocycles. The van der Waals surface area contributed by atoms with Crippen molar-refractivity contribution in [1.29, 1.82) is 0 Å². The highest BCUT2D eigenvalue weighted by Crippen LogP contribution is 2.30. The summed E-state index contributed by atoms with van der Waals surface area (Å²) in [4.78, 5) is 45.2. The molecule has 1 rings (SSSR count). The summed E-state index contributed by atoms with van der Waals surface area (Å²) < 4.78 is 0. The van der Waals surface area contributed by atoms with E-state index >= 15 is 0 Å². The van der Waals surface area contributed by atoms with Crippen LogP contribution in [-0.2, 0) is 19.2 Å². The molecule has 0 bridgehead atoms. The molecule has 2 amide bonds. The number of ketones is 2. The van der Waals surface area contributed by atoms with Crippen LogP contribution < -0.4 is 0 Å². The zero-order valence-electron chi connectivity index (χ0n) is 13.5. The summed E-state index contributed by atoms with van der Waals surface area (Å²) in [6, 6.07) is 0. The van der Waals surface area contributed by atoms with E-state index < -0.39 is 10.8 Å². The van der Waals surface area contributed by atoms with Crippen LogP contribution in [0.1, 0.15) is 54.4 Å². The largest absolute Gasteiger partial charge is 0.299 e. The molecule has 1 aliphatic heterocycles. The summed E-state index contributed by atoms with van der Waals surface area (Å²) in [5, 5.41) is 0. The van der Waals surface area contributed by atoms with Crippen molar-refractivity contribution in [3.05, 3.63) is 0 Å². The summed E-state index contributed by atoms with van der Waals surface area (Å²) in [5.74, 6) is -0.117. The Morgan fingerprint density at radius 2 is 1.30 bits per heavy atom. The fraction of sp³-hybridized carbons (Fsp3) is 0.733. The van der Waals surface area contributed by atoms with Crippen molar-refractivity contribution in [3.63, 3.8) is 0 Å². The van der Waals surface area contributed by atoms with Gasteiger partial charge in [0.05, 0.1) is 5.41 Å². The van der Waals surface area contributed by atoms with Crippen molar-refractivity contribution in [1.82, 2.24) is 4.90 Å². The Balaban J connectivity index is 0.000000367. The van der Waals surface area contributed by atoms with Gasteiger partial charge in [-0.2, -0.15) is 0 Å². The number of nitrogens with zero attached hydrogens (tertiary/aromatic N) is 1. The van der Waals surface area contributed by atoms with Gasteiger partial charge >= 0.3 is 0 Å². The monoisotopic (exact) mass is 283 g/mol. The molecule has 1 fully saturated rings. The Morgan fingerprint density at radius 1 is 1.00 bits per heavy atom. The molecule has 0 aliphatic carbocycles. The van der Waals surface area contributed by atoms with E-state index in [1.165, 1.54) is 7.05 Å². The Hall–Kier alpha value is -1.52. The number of Topliss-reactive ketones (excluding diaryl/α,β-unsaturated/α-hetero) is 2. The molecule has 1 saturated heterocycles. The molecule has 0 saturated carbocycles. The summed E-state index contributed by atoms with van der Waals surface area (Å²) in [6.07, 6.45) is 0.886. The second-order valence-corrected chi connectivity index (χ2v) is 5.97. The van der Waals surface area contributed by atoms with Crippen LogP contribution in [0.15, 0.2) is 0 Å². The number of β-lactam (4-membered cyclic amide) rings is 2. The van der Waals surface area contributed by atoms with Gasteiger partial charge in [-0.3, -0.25) is 24.1 Å². The van der Waals surface area contributed by atoms with Gasteiger partial charge in [-0.05, 0) is 27.7 Å². The molecule has 0 radical (unpaired) electrons. The third kappa shape index (κ3) is 3.32. The van der Waals surface area contributed by atoms with Crippen molar-refractivity contribution in [2.24, 2.45) is 10.8 Å². The molecule has 0 aromatic carbocycles. The second kappa shape index (κ2) is 6.29. The van der Waals surface area contributed by atoms with Gasteiger partial charge in [0.1, 0.15) is 17.0 Å². The first-order valence-electron chi connectivity index (χ1n) is 6.83. The van der Waals surface area contributed by atoms with E-state index in [1.54, 1.807) is 41.5 Å². The minimum absolute atomic E-state index is 0.0318. The predicted molar refractivity (Wildman–Crippen MR) is 75.9 cm³/mol. The normalized spacial score (nSPS) is 17.1. The van der Waals surface area contributed by atoms with E-state index in [2.05, 4.69) is 0 Å². The second-order valence-electron chi connectivity index (χ2n) is 5.97. The highest BCUT2D eigenvalue weighted by Gasteiger charge is 2.51. The van der Waals surface area contributed by atoms with E-state index in [1.807, 2.05) is 0 Å². The smallest absolute Gasteiger partial charge is 0.244 e. The van der Waals surface area contributed by atoms with Gasteiger partial charge in [-0.1, -0.05) is 13.8 Å². The summed E-state index contributed by atoms with van der Waals surface area (Å²) in [5.41, 5.74) is -1.50. The van der Waals surface area contributed by atoms with Crippen LogP contribution in [0.25, 0.3) is 0 Å². The average molecular weight is 283 g/mol. The third-order valence-corrected chi connectivity index (χ3v) is 3.72. The van der Waals surface area contributed by atoms with Crippen molar-refractivity contribution < 1.29 is 19.2 Å². The number of carbonyl (C=O) groups is 4. The Labute approximate surface area is 120 Å². The molecule has 0 spiro atoms. The molecule has 1 aliphatic rings. The molecule has 114 valence electrons. The van der Waals surface area contributed by atoms with E-state index in [0.717, 1.165) is 4.90 Å². The van der Waals surface area contributed by atoms with E-state index in [4.69, 9.17) is 0 Å². The maximum absolute atomic E-state index is 11.2. The van der Waals surface area contributed by atoms with Crippen LogP contribution in [0.2, 0.25) is 0 Å². The van der Waals surface area contributed by atoms with Crippen LogP contribution in [-0.4, -0.2) is 35.3 Å². The summed E-state index contributed by atoms with van der Waals surface area (Å²) >= 11 is 0. The minimum Gasteiger partial charge on any atom is -0.299 e. The van der Waals surface area contributed by atoms with Gasteiger partial charge < -0.3 is 0 Å². The van der Waals surface area contributed by atoms with E-state index in [-0.39, 0.29) is 23.4 Å². The number of likely N-dealkylation sites (tertiary alicyclic amines) is 1. The zero-order valence-corrected chi connectivity index (χ0v) is 13.5. The van der Waals surface area contributed by atoms with Crippen LogP contribution >= 0.6 is 0 Å².